The van der Waals surface area contributed by atoms with E-state index in [4.69, 9.17) is 11.6 Å². The summed E-state index contributed by atoms with van der Waals surface area (Å²) in [5.41, 5.74) is 1.13. The molecule has 0 bridgehead atoms. The third-order valence-electron chi connectivity index (χ3n) is 4.71. The predicted octanol–water partition coefficient (Wildman–Crippen LogP) is 1.76. The van der Waals surface area contributed by atoms with Crippen LogP contribution in [-0.2, 0) is 10.0 Å². The average molecular weight is 416 g/mol. The number of anilines is 1. The molecular formula is C18H30ClN5O2S. The predicted molar refractivity (Wildman–Crippen MR) is 113 cm³/mol. The van der Waals surface area contributed by atoms with E-state index < -0.39 is 10.0 Å². The van der Waals surface area contributed by atoms with Crippen molar-refractivity contribution >= 4 is 33.3 Å². The molecule has 0 saturated carbocycles. The molecule has 0 spiro atoms. The number of guanidine groups is 1. The van der Waals surface area contributed by atoms with E-state index >= 15 is 0 Å². The van der Waals surface area contributed by atoms with Gasteiger partial charge in [-0.15, -0.1) is 0 Å². The van der Waals surface area contributed by atoms with Crippen LogP contribution in [0.1, 0.15) is 19.8 Å². The molecule has 27 heavy (non-hydrogen) atoms. The smallest absolute Gasteiger partial charge is 0.213 e. The first-order valence-electron chi connectivity index (χ1n) is 9.27. The van der Waals surface area contributed by atoms with E-state index in [1.807, 2.05) is 18.2 Å². The van der Waals surface area contributed by atoms with Crippen molar-refractivity contribution in [2.45, 2.75) is 25.8 Å². The van der Waals surface area contributed by atoms with Gasteiger partial charge in [0.1, 0.15) is 0 Å². The zero-order chi connectivity index (χ0) is 19.9. The van der Waals surface area contributed by atoms with Crippen LogP contribution in [0.4, 0.5) is 5.69 Å². The van der Waals surface area contributed by atoms with Crippen LogP contribution in [-0.4, -0.2) is 70.8 Å². The zero-order valence-electron chi connectivity index (χ0n) is 16.3. The number of hydrogen-bond acceptors (Lipinski definition) is 4. The van der Waals surface area contributed by atoms with Crippen LogP contribution in [0, 0.1) is 0 Å². The lowest BCUT2D eigenvalue weighted by atomic mass is 10.2. The average Bonchev–Trinajstić information content (AvgIpc) is 3.12. The second-order valence-corrected chi connectivity index (χ2v) is 9.43. The van der Waals surface area contributed by atoms with Crippen LogP contribution in [0.15, 0.2) is 29.3 Å². The van der Waals surface area contributed by atoms with Crippen molar-refractivity contribution in [1.82, 2.24) is 14.9 Å². The number of rotatable bonds is 8. The molecule has 1 aromatic rings. The third kappa shape index (κ3) is 6.55. The summed E-state index contributed by atoms with van der Waals surface area (Å²) in [5.74, 6) is 0.874. The lowest BCUT2D eigenvalue weighted by Crippen LogP contribution is -2.45. The Labute approximate surface area is 167 Å². The van der Waals surface area contributed by atoms with Gasteiger partial charge in [0, 0.05) is 57.0 Å². The first-order chi connectivity index (χ1) is 12.9. The van der Waals surface area contributed by atoms with Crippen molar-refractivity contribution in [3.8, 4) is 0 Å². The molecule has 1 aliphatic heterocycles. The number of sulfonamides is 1. The highest BCUT2D eigenvalue weighted by molar-refractivity contribution is 7.89. The number of nitrogens with one attached hydrogen (secondary N) is 2. The molecule has 0 aromatic heterocycles. The Morgan fingerprint density at radius 3 is 2.89 bits per heavy atom. The summed E-state index contributed by atoms with van der Waals surface area (Å²) < 4.78 is 24.9. The van der Waals surface area contributed by atoms with Gasteiger partial charge in [-0.25, -0.2) is 12.7 Å². The van der Waals surface area contributed by atoms with E-state index in [9.17, 15) is 8.42 Å². The van der Waals surface area contributed by atoms with Gasteiger partial charge in [0.05, 0.1) is 5.75 Å². The third-order valence-corrected chi connectivity index (χ3v) is 6.80. The molecule has 1 fully saturated rings. The van der Waals surface area contributed by atoms with Crippen molar-refractivity contribution in [1.29, 1.82) is 0 Å². The van der Waals surface area contributed by atoms with Crippen molar-refractivity contribution in [2.24, 2.45) is 4.99 Å². The summed E-state index contributed by atoms with van der Waals surface area (Å²) >= 11 is 6.08. The largest absolute Gasteiger partial charge is 0.369 e. The standard InChI is InChI=1S/C18H30ClN5O2S/c1-4-27(25,26)23(3)11-6-10-21-18(20-2)22-16-9-12-24(14-16)17-8-5-7-15(19)13-17/h5,7-8,13,16H,4,6,9-12,14H2,1-3H3,(H2,20,21,22). The Bertz CT molecular complexity index is 741. The van der Waals surface area contributed by atoms with Crippen molar-refractivity contribution in [3.63, 3.8) is 0 Å². The lowest BCUT2D eigenvalue weighted by molar-refractivity contribution is 0.461. The Morgan fingerprint density at radius 2 is 2.22 bits per heavy atom. The minimum Gasteiger partial charge on any atom is -0.369 e. The second kappa shape index (κ2) is 10.1. The van der Waals surface area contributed by atoms with Gasteiger partial charge in [0.2, 0.25) is 10.0 Å². The van der Waals surface area contributed by atoms with Gasteiger partial charge in [-0.3, -0.25) is 4.99 Å². The summed E-state index contributed by atoms with van der Waals surface area (Å²) in [6.45, 7) is 4.66. The highest BCUT2D eigenvalue weighted by Gasteiger charge is 2.23. The lowest BCUT2D eigenvalue weighted by Gasteiger charge is -2.21. The maximum atomic E-state index is 11.7. The van der Waals surface area contributed by atoms with Gasteiger partial charge in [-0.05, 0) is 38.0 Å². The molecule has 152 valence electrons. The Balaban J connectivity index is 1.74. The van der Waals surface area contributed by atoms with E-state index in [-0.39, 0.29) is 5.75 Å². The topological polar surface area (TPSA) is 77.0 Å². The number of aliphatic imine (C=N–C) groups is 1. The molecule has 1 aromatic carbocycles. The summed E-state index contributed by atoms with van der Waals surface area (Å²) in [6.07, 6.45) is 1.74. The van der Waals surface area contributed by atoms with E-state index in [1.54, 1.807) is 21.0 Å². The fourth-order valence-electron chi connectivity index (χ4n) is 3.04. The zero-order valence-corrected chi connectivity index (χ0v) is 17.9. The van der Waals surface area contributed by atoms with Gasteiger partial charge in [-0.2, -0.15) is 0 Å². The Kier molecular flexibility index (Phi) is 8.19. The maximum absolute atomic E-state index is 11.7. The maximum Gasteiger partial charge on any atom is 0.213 e. The highest BCUT2D eigenvalue weighted by Crippen LogP contribution is 2.23. The molecule has 2 N–H and O–H groups in total. The summed E-state index contributed by atoms with van der Waals surface area (Å²) in [5, 5.41) is 7.45. The molecule has 1 saturated heterocycles. The van der Waals surface area contributed by atoms with Gasteiger partial charge < -0.3 is 15.5 Å². The van der Waals surface area contributed by atoms with Crippen LogP contribution in [0.2, 0.25) is 5.02 Å². The van der Waals surface area contributed by atoms with Crippen molar-refractivity contribution in [3.05, 3.63) is 29.3 Å². The molecule has 2 rings (SSSR count). The number of benzene rings is 1. The normalized spacial score (nSPS) is 18.2. The van der Waals surface area contributed by atoms with Crippen molar-refractivity contribution in [2.75, 3.05) is 50.9 Å². The second-order valence-electron chi connectivity index (χ2n) is 6.63. The molecule has 0 aliphatic carbocycles. The van der Waals surface area contributed by atoms with E-state index in [0.29, 0.717) is 19.1 Å². The molecule has 9 heteroatoms. The van der Waals surface area contributed by atoms with Crippen LogP contribution in [0.3, 0.4) is 0 Å². The van der Waals surface area contributed by atoms with E-state index in [2.05, 4.69) is 26.6 Å². The fraction of sp³-hybridized carbons (Fsp3) is 0.611. The molecular weight excluding hydrogens is 386 g/mol. The summed E-state index contributed by atoms with van der Waals surface area (Å²) in [7, 11) is 0.249. The minimum absolute atomic E-state index is 0.130. The molecule has 0 radical (unpaired) electrons. The molecule has 1 unspecified atom stereocenters. The quantitative estimate of drug-likeness (QED) is 0.384. The van der Waals surface area contributed by atoms with Gasteiger partial charge in [0.25, 0.3) is 0 Å². The van der Waals surface area contributed by atoms with Gasteiger partial charge in [0.15, 0.2) is 5.96 Å². The van der Waals surface area contributed by atoms with Crippen molar-refractivity contribution < 1.29 is 8.42 Å². The Morgan fingerprint density at radius 1 is 1.44 bits per heavy atom. The van der Waals surface area contributed by atoms with Crippen LogP contribution < -0.4 is 15.5 Å². The SMILES string of the molecule is CCS(=O)(=O)N(C)CCCNC(=NC)NC1CCN(c2cccc(Cl)c2)C1. The van der Waals surface area contributed by atoms with Crippen LogP contribution in [0.5, 0.6) is 0 Å². The number of halogens is 1. The van der Waals surface area contributed by atoms with Gasteiger partial charge >= 0.3 is 0 Å². The summed E-state index contributed by atoms with van der Waals surface area (Å²) in [4.78, 5) is 6.57. The molecule has 0 amide bonds. The van der Waals surface area contributed by atoms with Gasteiger partial charge in [-0.1, -0.05) is 17.7 Å². The first-order valence-corrected chi connectivity index (χ1v) is 11.3. The molecule has 1 heterocycles. The first kappa shape index (κ1) is 21.8. The monoisotopic (exact) mass is 415 g/mol. The number of hydrogen-bond donors (Lipinski definition) is 2. The van der Waals surface area contributed by atoms with Crippen LogP contribution in [0.25, 0.3) is 0 Å². The fourth-order valence-corrected chi connectivity index (χ4v) is 4.07. The highest BCUT2D eigenvalue weighted by atomic mass is 35.5. The minimum atomic E-state index is -3.11. The summed E-state index contributed by atoms with van der Waals surface area (Å²) in [6, 6.07) is 8.21. The number of nitrogens with zero attached hydrogens (tertiary/aromatic N) is 3. The molecule has 1 aliphatic rings. The molecule has 1 atom stereocenters. The Hall–Kier alpha value is -1.51. The van der Waals surface area contributed by atoms with Crippen LogP contribution >= 0.6 is 11.6 Å². The molecule has 7 nitrogen and oxygen atoms in total. The van der Waals surface area contributed by atoms with E-state index in [0.717, 1.165) is 42.6 Å². The van der Waals surface area contributed by atoms with E-state index in [1.165, 1.54) is 4.31 Å².